The number of likely N-dealkylation sites (tertiary alicyclic amines) is 1. The van der Waals surface area contributed by atoms with Crippen LogP contribution in [0.5, 0.6) is 0 Å². The molecule has 1 heterocycles. The number of anilines is 1. The second kappa shape index (κ2) is 9.38. The zero-order chi connectivity index (χ0) is 19.2. The molecule has 0 unspecified atom stereocenters. The molecule has 4 nitrogen and oxygen atoms in total. The molecule has 5 heteroatoms. The Balaban J connectivity index is 1.40. The number of rotatable bonds is 5. The first-order chi connectivity index (χ1) is 13.0. The van der Waals surface area contributed by atoms with E-state index >= 15 is 0 Å². The number of amides is 2. The highest BCUT2D eigenvalue weighted by atomic mass is 79.9. The average molecular weight is 430 g/mol. The third-order valence-corrected chi connectivity index (χ3v) is 5.73. The third-order valence-electron chi connectivity index (χ3n) is 5.24. The van der Waals surface area contributed by atoms with Crippen molar-refractivity contribution >= 4 is 27.6 Å². The van der Waals surface area contributed by atoms with Crippen LogP contribution in [-0.4, -0.2) is 30.6 Å². The van der Waals surface area contributed by atoms with Gasteiger partial charge < -0.3 is 10.6 Å². The van der Waals surface area contributed by atoms with Gasteiger partial charge in [-0.15, -0.1) is 0 Å². The summed E-state index contributed by atoms with van der Waals surface area (Å²) in [5.41, 5.74) is 4.92. The molecule has 2 aromatic carbocycles. The molecule has 1 fully saturated rings. The fourth-order valence-corrected chi connectivity index (χ4v) is 3.94. The van der Waals surface area contributed by atoms with Crippen LogP contribution in [0.3, 0.4) is 0 Å². The molecule has 144 valence electrons. The minimum Gasteiger partial charge on any atom is -0.338 e. The van der Waals surface area contributed by atoms with Crippen molar-refractivity contribution in [2.24, 2.45) is 5.92 Å². The Morgan fingerprint density at radius 3 is 2.67 bits per heavy atom. The zero-order valence-electron chi connectivity index (χ0n) is 16.1. The maximum absolute atomic E-state index is 12.1. The first kappa shape index (κ1) is 19.9. The van der Waals surface area contributed by atoms with E-state index in [9.17, 15) is 4.79 Å². The quantitative estimate of drug-likeness (QED) is 0.693. The number of halogens is 1. The van der Waals surface area contributed by atoms with E-state index in [1.54, 1.807) is 0 Å². The number of piperidine rings is 1. The first-order valence-electron chi connectivity index (χ1n) is 9.58. The molecule has 1 saturated heterocycles. The smallest absolute Gasteiger partial charge is 0.319 e. The van der Waals surface area contributed by atoms with E-state index < -0.39 is 0 Å². The second-order valence-corrected chi connectivity index (χ2v) is 8.41. The van der Waals surface area contributed by atoms with Crippen LogP contribution in [0, 0.1) is 19.8 Å². The lowest BCUT2D eigenvalue weighted by atomic mass is 9.96. The molecular formula is C22H28BrN3O. The lowest BCUT2D eigenvalue weighted by Gasteiger charge is -2.32. The van der Waals surface area contributed by atoms with E-state index in [-0.39, 0.29) is 6.03 Å². The first-order valence-corrected chi connectivity index (χ1v) is 10.4. The molecule has 0 saturated carbocycles. The highest BCUT2D eigenvalue weighted by Gasteiger charge is 2.20. The molecule has 0 bridgehead atoms. The Kier molecular flexibility index (Phi) is 6.91. The van der Waals surface area contributed by atoms with Crippen molar-refractivity contribution in [2.75, 3.05) is 25.0 Å². The van der Waals surface area contributed by atoms with Crippen LogP contribution in [0.2, 0.25) is 0 Å². The van der Waals surface area contributed by atoms with Crippen molar-refractivity contribution in [3.8, 4) is 0 Å². The molecule has 0 aromatic heterocycles. The molecule has 0 aliphatic carbocycles. The fourth-order valence-electron chi connectivity index (χ4n) is 3.54. The summed E-state index contributed by atoms with van der Waals surface area (Å²) in [6.07, 6.45) is 2.25. The highest BCUT2D eigenvalue weighted by Crippen LogP contribution is 2.21. The maximum Gasteiger partial charge on any atom is 0.319 e. The van der Waals surface area contributed by atoms with Gasteiger partial charge in [-0.05, 0) is 75.0 Å². The van der Waals surface area contributed by atoms with Gasteiger partial charge >= 0.3 is 6.03 Å². The van der Waals surface area contributed by atoms with Crippen LogP contribution in [0.25, 0.3) is 0 Å². The van der Waals surface area contributed by atoms with E-state index in [1.807, 2.05) is 24.3 Å². The molecule has 0 radical (unpaired) electrons. The van der Waals surface area contributed by atoms with Crippen LogP contribution >= 0.6 is 15.9 Å². The van der Waals surface area contributed by atoms with E-state index in [4.69, 9.17) is 0 Å². The van der Waals surface area contributed by atoms with Gasteiger partial charge in [-0.2, -0.15) is 0 Å². The number of benzene rings is 2. The van der Waals surface area contributed by atoms with Gasteiger partial charge in [0.1, 0.15) is 0 Å². The Morgan fingerprint density at radius 1 is 1.15 bits per heavy atom. The maximum atomic E-state index is 12.1. The Hall–Kier alpha value is -1.85. The molecule has 27 heavy (non-hydrogen) atoms. The number of nitrogens with one attached hydrogen (secondary N) is 2. The normalized spacial score (nSPS) is 15.5. The molecule has 2 aromatic rings. The van der Waals surface area contributed by atoms with Gasteiger partial charge in [-0.3, -0.25) is 4.90 Å². The van der Waals surface area contributed by atoms with Crippen LogP contribution in [-0.2, 0) is 6.54 Å². The van der Waals surface area contributed by atoms with Crippen molar-refractivity contribution in [3.63, 3.8) is 0 Å². The van der Waals surface area contributed by atoms with Gasteiger partial charge in [0.25, 0.3) is 0 Å². The van der Waals surface area contributed by atoms with E-state index in [1.165, 1.54) is 16.7 Å². The van der Waals surface area contributed by atoms with Crippen LogP contribution in [0.1, 0.15) is 29.5 Å². The molecule has 1 aliphatic rings. The number of nitrogens with zero attached hydrogens (tertiary/aromatic N) is 1. The summed E-state index contributed by atoms with van der Waals surface area (Å²) in [5.74, 6) is 0.549. The van der Waals surface area contributed by atoms with Crippen LogP contribution in [0.4, 0.5) is 10.5 Å². The van der Waals surface area contributed by atoms with Crippen LogP contribution < -0.4 is 10.6 Å². The molecule has 0 spiro atoms. The van der Waals surface area contributed by atoms with Crippen molar-refractivity contribution in [1.29, 1.82) is 0 Å². The van der Waals surface area contributed by atoms with Gasteiger partial charge in [-0.25, -0.2) is 4.79 Å². The molecule has 2 N–H and O–H groups in total. The van der Waals surface area contributed by atoms with Gasteiger partial charge in [-0.1, -0.05) is 45.8 Å². The summed E-state index contributed by atoms with van der Waals surface area (Å²) >= 11 is 3.41. The minimum atomic E-state index is -0.133. The summed E-state index contributed by atoms with van der Waals surface area (Å²) < 4.78 is 0.955. The lowest BCUT2D eigenvalue weighted by molar-refractivity contribution is 0.175. The summed E-state index contributed by atoms with van der Waals surface area (Å²) in [4.78, 5) is 14.6. The Labute approximate surface area is 170 Å². The number of carbonyl (C=O) groups is 1. The Morgan fingerprint density at radius 2 is 1.93 bits per heavy atom. The van der Waals surface area contributed by atoms with Crippen molar-refractivity contribution in [3.05, 3.63) is 63.6 Å². The summed E-state index contributed by atoms with van der Waals surface area (Å²) in [6, 6.07) is 14.2. The summed E-state index contributed by atoms with van der Waals surface area (Å²) in [7, 11) is 0. The Bertz CT molecular complexity index is 785. The number of hydrogen-bond acceptors (Lipinski definition) is 2. The number of hydrogen-bond donors (Lipinski definition) is 2. The largest absolute Gasteiger partial charge is 0.338 e. The van der Waals surface area contributed by atoms with E-state index in [0.29, 0.717) is 5.92 Å². The average Bonchev–Trinajstić information content (AvgIpc) is 2.64. The molecule has 2 amide bonds. The van der Waals surface area contributed by atoms with E-state index in [0.717, 1.165) is 49.2 Å². The molecule has 0 atom stereocenters. The van der Waals surface area contributed by atoms with Crippen LogP contribution in [0.15, 0.2) is 46.9 Å². The van der Waals surface area contributed by atoms with Gasteiger partial charge in [0.15, 0.2) is 0 Å². The van der Waals surface area contributed by atoms with Crippen molar-refractivity contribution in [2.45, 2.75) is 33.2 Å². The number of aryl methyl sites for hydroxylation is 2. The van der Waals surface area contributed by atoms with Gasteiger partial charge in [0.05, 0.1) is 0 Å². The highest BCUT2D eigenvalue weighted by molar-refractivity contribution is 9.10. The lowest BCUT2D eigenvalue weighted by Crippen LogP contribution is -2.39. The van der Waals surface area contributed by atoms with Gasteiger partial charge in [0.2, 0.25) is 0 Å². The molecule has 1 aliphatic heterocycles. The summed E-state index contributed by atoms with van der Waals surface area (Å²) in [6.45, 7) is 8.28. The molecular weight excluding hydrogens is 402 g/mol. The zero-order valence-corrected chi connectivity index (χ0v) is 17.7. The monoisotopic (exact) mass is 429 g/mol. The second-order valence-electron chi connectivity index (χ2n) is 7.49. The number of carbonyl (C=O) groups excluding carboxylic acids is 1. The number of urea groups is 1. The minimum absolute atomic E-state index is 0.133. The summed E-state index contributed by atoms with van der Waals surface area (Å²) in [5, 5.41) is 5.90. The van der Waals surface area contributed by atoms with E-state index in [2.05, 4.69) is 63.5 Å². The topological polar surface area (TPSA) is 44.4 Å². The predicted octanol–water partition coefficient (Wildman–Crippen LogP) is 5.10. The van der Waals surface area contributed by atoms with Gasteiger partial charge in [0, 0.05) is 23.2 Å². The SMILES string of the molecule is Cc1ccc(C)c(CN2CCC(CNC(=O)Nc3cccc(Br)c3)CC2)c1. The van der Waals surface area contributed by atoms with Crippen molar-refractivity contribution in [1.82, 2.24) is 10.2 Å². The molecule has 3 rings (SSSR count). The third kappa shape index (κ3) is 6.08. The van der Waals surface area contributed by atoms with Crippen molar-refractivity contribution < 1.29 is 4.79 Å². The standard InChI is InChI=1S/C22H28BrN3O/c1-16-6-7-17(2)19(12-16)15-26-10-8-18(9-11-26)14-24-22(27)25-21-5-3-4-20(23)13-21/h3-7,12-13,18H,8-11,14-15H2,1-2H3,(H2,24,25,27). The predicted molar refractivity (Wildman–Crippen MR) is 115 cm³/mol. The fraction of sp³-hybridized carbons (Fsp3) is 0.409.